The van der Waals surface area contributed by atoms with Gasteiger partial charge in [0.25, 0.3) is 0 Å². The van der Waals surface area contributed by atoms with Crippen molar-refractivity contribution >= 4 is 17.1 Å². The molecule has 5 heteroatoms. The minimum atomic E-state index is -1.50. The number of hydrogen-bond acceptors (Lipinski definition) is 1. The first-order chi connectivity index (χ1) is 10.9. The Kier molecular flexibility index (Phi) is 16.4. The standard InChI is InChI=1S/C13H22OSi.C5H5.C3H6.2ClH.Ti/c1-10-7-11(14)9-12(8-10)15(5,6)13(2,3)4;1-2-4-5-3-1;1-3-2;;;/h7-9,14H,1-6H3;1-3H,4H2;1-2H3;2*1H;/q;-1;;;;+1/p-2. The van der Waals surface area contributed by atoms with Crippen molar-refractivity contribution in [3.8, 4) is 5.75 Å². The molecule has 0 radical (unpaired) electrons. The average Bonchev–Trinajstić information content (AvgIpc) is 2.94. The molecule has 1 aromatic carbocycles. The second-order valence-electron chi connectivity index (χ2n) is 7.94. The van der Waals surface area contributed by atoms with Crippen LogP contribution in [-0.2, 0) is 20.0 Å². The molecule has 0 saturated heterocycles. The summed E-state index contributed by atoms with van der Waals surface area (Å²) in [5, 5.41) is 11.3. The Morgan fingerprint density at radius 2 is 1.62 bits per heavy atom. The molecule has 0 atom stereocenters. The van der Waals surface area contributed by atoms with Gasteiger partial charge in [-0.25, -0.2) is 12.2 Å². The second kappa shape index (κ2) is 14.0. The van der Waals surface area contributed by atoms with E-state index in [1.54, 1.807) is 0 Å². The first kappa shape index (κ1) is 30.6. The van der Waals surface area contributed by atoms with Crippen LogP contribution >= 0.6 is 0 Å². The number of phenols is 1. The van der Waals surface area contributed by atoms with E-state index in [0.29, 0.717) is 10.8 Å². The number of phenolic OH excluding ortho intramolecular Hbond substituents is 1. The van der Waals surface area contributed by atoms with Gasteiger partial charge in [0.05, 0.1) is 8.07 Å². The minimum absolute atomic E-state index is 0. The molecule has 1 aliphatic carbocycles. The molecule has 1 N–H and O–H groups in total. The van der Waals surface area contributed by atoms with Crippen LogP contribution in [0.5, 0.6) is 5.75 Å². The molecule has 2 rings (SSSR count). The van der Waals surface area contributed by atoms with Gasteiger partial charge in [0, 0.05) is 0 Å². The van der Waals surface area contributed by atoms with Crippen molar-refractivity contribution in [2.75, 3.05) is 0 Å². The number of aryl methyl sites for hydroxylation is 1. The van der Waals surface area contributed by atoms with Crippen molar-refractivity contribution < 1.29 is 49.9 Å². The van der Waals surface area contributed by atoms with Crippen molar-refractivity contribution in [3.05, 3.63) is 48.1 Å². The van der Waals surface area contributed by atoms with Gasteiger partial charge in [-0.3, -0.25) is 6.08 Å². The van der Waals surface area contributed by atoms with E-state index in [-0.39, 0.29) is 24.8 Å². The van der Waals surface area contributed by atoms with Gasteiger partial charge in [0.2, 0.25) is 0 Å². The summed E-state index contributed by atoms with van der Waals surface area (Å²) in [6.45, 7) is 17.8. The fourth-order valence-corrected chi connectivity index (χ4v) is 3.86. The van der Waals surface area contributed by atoms with E-state index in [1.165, 1.54) is 9.00 Å². The molecule has 1 aromatic rings. The van der Waals surface area contributed by atoms with Gasteiger partial charge >= 0.3 is 37.6 Å². The maximum absolute atomic E-state index is 9.65. The van der Waals surface area contributed by atoms with Crippen molar-refractivity contribution in [1.82, 2.24) is 0 Å². The summed E-state index contributed by atoms with van der Waals surface area (Å²) in [6, 6.07) is 5.97. The topological polar surface area (TPSA) is 20.2 Å². The van der Waals surface area contributed by atoms with Crippen LogP contribution in [0.25, 0.3) is 0 Å². The third-order valence-corrected chi connectivity index (χ3v) is 9.73. The van der Waals surface area contributed by atoms with Crippen LogP contribution in [0.1, 0.15) is 46.6 Å². The molecule has 147 valence electrons. The quantitative estimate of drug-likeness (QED) is 0.453. The molecular formula is C21H33Cl2OSiTi-2. The van der Waals surface area contributed by atoms with Crippen LogP contribution in [0.4, 0.5) is 0 Å². The predicted octanol–water partition coefficient (Wildman–Crippen LogP) is -0.525. The predicted molar refractivity (Wildman–Crippen MR) is 108 cm³/mol. The molecule has 0 saturated carbocycles. The van der Waals surface area contributed by atoms with Crippen LogP contribution in [-0.4, -0.2) is 17.0 Å². The van der Waals surface area contributed by atoms with Gasteiger partial charge < -0.3 is 29.9 Å². The summed E-state index contributed by atoms with van der Waals surface area (Å²) in [4.78, 5) is 0. The van der Waals surface area contributed by atoms with E-state index in [9.17, 15) is 5.11 Å². The zero-order valence-corrected chi connectivity index (χ0v) is 21.4. The van der Waals surface area contributed by atoms with E-state index in [1.807, 2.05) is 31.2 Å². The number of benzene rings is 1. The zero-order valence-electron chi connectivity index (χ0n) is 17.4. The fourth-order valence-electron chi connectivity index (χ4n) is 1.90. The fraction of sp³-hybridized carbons (Fsp3) is 0.476. The zero-order chi connectivity index (χ0) is 19.0. The Morgan fingerprint density at radius 1 is 1.12 bits per heavy atom. The Labute approximate surface area is 186 Å². The number of aromatic hydroxyl groups is 1. The van der Waals surface area contributed by atoms with Crippen molar-refractivity contribution in [2.45, 2.75) is 66.1 Å². The van der Waals surface area contributed by atoms with E-state index in [2.05, 4.69) is 85.9 Å². The van der Waals surface area contributed by atoms with Gasteiger partial charge in [0.1, 0.15) is 5.75 Å². The van der Waals surface area contributed by atoms with Gasteiger partial charge in [-0.05, 0) is 29.7 Å². The van der Waals surface area contributed by atoms with Gasteiger partial charge in [-0.2, -0.15) is 6.08 Å². The molecule has 0 unspecified atom stereocenters. The maximum Gasteiger partial charge on any atom is 0.115 e. The molecule has 1 aliphatic rings. The van der Waals surface area contributed by atoms with Crippen molar-refractivity contribution in [2.24, 2.45) is 0 Å². The number of halogens is 2. The summed E-state index contributed by atoms with van der Waals surface area (Å²) in [7, 11) is -1.50. The van der Waals surface area contributed by atoms with Crippen LogP contribution < -0.4 is 30.0 Å². The normalized spacial score (nSPS) is 11.9. The summed E-state index contributed by atoms with van der Waals surface area (Å²) >= 11 is 2.08. The number of hydrogen-bond donors (Lipinski definition) is 1. The molecule has 0 amide bonds. The van der Waals surface area contributed by atoms with E-state index >= 15 is 0 Å². The van der Waals surface area contributed by atoms with E-state index < -0.39 is 8.07 Å². The summed E-state index contributed by atoms with van der Waals surface area (Å²) < 4.78 is 1.42. The summed E-state index contributed by atoms with van der Waals surface area (Å²) in [6.07, 6.45) is 10.0. The average molecular weight is 448 g/mol. The number of allylic oxidation sites excluding steroid dienone is 4. The third-order valence-electron chi connectivity index (χ3n) is 4.24. The van der Waals surface area contributed by atoms with E-state index in [0.717, 1.165) is 12.0 Å². The second-order valence-corrected chi connectivity index (χ2v) is 14.8. The molecule has 0 aliphatic heterocycles. The Bertz CT molecular complexity index is 568. The first-order valence-electron chi connectivity index (χ1n) is 8.42. The van der Waals surface area contributed by atoms with Crippen molar-refractivity contribution in [1.29, 1.82) is 0 Å². The largest absolute Gasteiger partial charge is 1.00 e. The first-order valence-corrected chi connectivity index (χ1v) is 12.2. The summed E-state index contributed by atoms with van der Waals surface area (Å²) in [5.74, 6) is 0.398. The molecule has 0 spiro atoms. The van der Waals surface area contributed by atoms with Crippen molar-refractivity contribution in [3.63, 3.8) is 0 Å². The van der Waals surface area contributed by atoms with Crippen LogP contribution in [0, 0.1) is 13.0 Å². The Balaban J connectivity index is -0.000000400. The summed E-state index contributed by atoms with van der Waals surface area (Å²) in [5.41, 5.74) is 1.15. The van der Waals surface area contributed by atoms with Crippen LogP contribution in [0.15, 0.2) is 36.4 Å². The van der Waals surface area contributed by atoms with Crippen LogP contribution in [0.2, 0.25) is 18.1 Å². The van der Waals surface area contributed by atoms with Gasteiger partial charge in [-0.1, -0.05) is 45.1 Å². The number of rotatable bonds is 1. The Hall–Kier alpha value is -0.119. The molecular weight excluding hydrogens is 415 g/mol. The van der Waals surface area contributed by atoms with Gasteiger partial charge in [0.15, 0.2) is 0 Å². The minimum Gasteiger partial charge on any atom is -1.00 e. The third kappa shape index (κ3) is 12.3. The monoisotopic (exact) mass is 447 g/mol. The molecule has 0 bridgehead atoms. The molecule has 0 fully saturated rings. The smallest absolute Gasteiger partial charge is 0.115 e. The molecule has 0 aromatic heterocycles. The maximum atomic E-state index is 9.65. The molecule has 26 heavy (non-hydrogen) atoms. The van der Waals surface area contributed by atoms with Crippen LogP contribution in [0.3, 0.4) is 0 Å². The molecule has 0 heterocycles. The van der Waals surface area contributed by atoms with E-state index in [4.69, 9.17) is 0 Å². The Morgan fingerprint density at radius 3 is 1.88 bits per heavy atom. The van der Waals surface area contributed by atoms with Gasteiger partial charge in [-0.15, -0.1) is 6.42 Å². The molecule has 1 nitrogen and oxygen atoms in total. The SMILES string of the molecule is C[C](C)=[Ti+].Cc1cc(O)cc([Si](C)(C)C(C)(C)C)c1.[C-]1=CC=CC1.[Cl-].[Cl-].